The molecule has 1 amide bonds. The second-order valence-electron chi connectivity index (χ2n) is 5.65. The molecule has 0 saturated carbocycles. The van der Waals surface area contributed by atoms with Crippen LogP contribution in [0, 0.1) is 13.8 Å². The van der Waals surface area contributed by atoms with E-state index >= 15 is 0 Å². The monoisotopic (exact) mass is 351 g/mol. The summed E-state index contributed by atoms with van der Waals surface area (Å²) in [7, 11) is 0. The Morgan fingerprint density at radius 3 is 2.50 bits per heavy atom. The first-order chi connectivity index (χ1) is 11.1. The summed E-state index contributed by atoms with van der Waals surface area (Å²) in [5, 5.41) is 14.5. The predicted molar refractivity (Wildman–Crippen MR) is 98.0 cm³/mol. The quantitative estimate of drug-likeness (QED) is 0.713. The first-order valence-corrected chi connectivity index (χ1v) is 8.07. The summed E-state index contributed by atoms with van der Waals surface area (Å²) in [6.45, 7) is 8.48. The van der Waals surface area contributed by atoms with Crippen LogP contribution in [0.15, 0.2) is 24.3 Å². The topological polar surface area (TPSA) is 71.8 Å². The van der Waals surface area contributed by atoms with E-state index in [0.717, 1.165) is 30.9 Å². The highest BCUT2D eigenvalue weighted by Crippen LogP contribution is 2.13. The lowest BCUT2D eigenvalue weighted by Gasteiger charge is -2.06. The number of nitrogens with one attached hydrogen (secondary N) is 2. The molecule has 24 heavy (non-hydrogen) atoms. The van der Waals surface area contributed by atoms with Gasteiger partial charge in [0.25, 0.3) is 0 Å². The first-order valence-electron chi connectivity index (χ1n) is 8.07. The van der Waals surface area contributed by atoms with Gasteiger partial charge in [-0.15, -0.1) is 17.5 Å². The number of aromatic nitrogens is 3. The number of rotatable bonds is 8. The molecule has 0 radical (unpaired) electrons. The summed E-state index contributed by atoms with van der Waals surface area (Å²) in [6.07, 6.45) is 1.35. The molecule has 0 bridgehead atoms. The summed E-state index contributed by atoms with van der Waals surface area (Å²) >= 11 is 0. The molecule has 0 aliphatic heterocycles. The van der Waals surface area contributed by atoms with E-state index in [4.69, 9.17) is 0 Å². The predicted octanol–water partition coefficient (Wildman–Crippen LogP) is 1.96. The minimum absolute atomic E-state index is 0. The van der Waals surface area contributed by atoms with Gasteiger partial charge in [-0.3, -0.25) is 4.79 Å². The molecule has 7 heteroatoms. The maximum absolute atomic E-state index is 12.0. The molecular weight excluding hydrogens is 326 g/mol. The molecule has 6 nitrogen and oxygen atoms in total. The van der Waals surface area contributed by atoms with Crippen LogP contribution < -0.4 is 10.6 Å². The molecule has 0 spiro atoms. The smallest absolute Gasteiger partial charge is 0.226 e. The zero-order valence-corrected chi connectivity index (χ0v) is 15.3. The molecule has 1 aromatic heterocycles. The van der Waals surface area contributed by atoms with Crippen molar-refractivity contribution in [2.75, 3.05) is 19.6 Å². The lowest BCUT2D eigenvalue weighted by atomic mass is 10.2. The Morgan fingerprint density at radius 1 is 1.12 bits per heavy atom. The number of nitrogens with zero attached hydrogens (tertiary/aromatic N) is 3. The van der Waals surface area contributed by atoms with Crippen molar-refractivity contribution in [3.8, 4) is 5.69 Å². The van der Waals surface area contributed by atoms with Crippen LogP contribution in [-0.4, -0.2) is 40.5 Å². The lowest BCUT2D eigenvalue weighted by molar-refractivity contribution is -0.120. The number of hydrogen-bond donors (Lipinski definition) is 2. The van der Waals surface area contributed by atoms with Crippen LogP contribution in [0.5, 0.6) is 0 Å². The minimum atomic E-state index is -0.0256. The summed E-state index contributed by atoms with van der Waals surface area (Å²) < 4.78 is 1.77. The Labute approximate surface area is 149 Å². The van der Waals surface area contributed by atoms with Crippen molar-refractivity contribution >= 4 is 18.3 Å². The molecule has 0 aliphatic rings. The van der Waals surface area contributed by atoms with Gasteiger partial charge in [-0.05, 0) is 38.9 Å². The molecule has 0 saturated heterocycles. The van der Waals surface area contributed by atoms with Gasteiger partial charge in [-0.25, -0.2) is 4.68 Å². The van der Waals surface area contributed by atoms with Crippen LogP contribution in [0.2, 0.25) is 0 Å². The SMILES string of the molecule is CCCNCCNC(=O)Cc1nnn(-c2ccc(C)cc2)c1C.Cl. The van der Waals surface area contributed by atoms with E-state index in [1.807, 2.05) is 38.1 Å². The van der Waals surface area contributed by atoms with Gasteiger partial charge < -0.3 is 10.6 Å². The number of aryl methyl sites for hydroxylation is 1. The molecular formula is C17H26ClN5O. The second kappa shape index (κ2) is 10.1. The molecule has 0 fully saturated rings. The van der Waals surface area contributed by atoms with Crippen molar-refractivity contribution in [1.82, 2.24) is 25.6 Å². The van der Waals surface area contributed by atoms with Gasteiger partial charge in [0.15, 0.2) is 0 Å². The average molecular weight is 352 g/mol. The Morgan fingerprint density at radius 2 is 1.83 bits per heavy atom. The molecule has 2 aromatic rings. The number of carbonyl (C=O) groups is 1. The number of carbonyl (C=O) groups excluding carboxylic acids is 1. The van der Waals surface area contributed by atoms with Gasteiger partial charge >= 0.3 is 0 Å². The van der Waals surface area contributed by atoms with E-state index < -0.39 is 0 Å². The van der Waals surface area contributed by atoms with Crippen molar-refractivity contribution in [2.45, 2.75) is 33.6 Å². The number of hydrogen-bond acceptors (Lipinski definition) is 4. The standard InChI is InChI=1S/C17H25N5O.ClH/c1-4-9-18-10-11-19-17(23)12-16-14(3)22(21-20-16)15-7-5-13(2)6-8-15;/h5-8,18H,4,9-12H2,1-3H3,(H,19,23);1H. The lowest BCUT2D eigenvalue weighted by Crippen LogP contribution is -2.33. The maximum atomic E-state index is 12.0. The number of amides is 1. The molecule has 0 aliphatic carbocycles. The molecule has 0 unspecified atom stereocenters. The van der Waals surface area contributed by atoms with Crippen molar-refractivity contribution < 1.29 is 4.79 Å². The zero-order chi connectivity index (χ0) is 16.7. The fourth-order valence-electron chi connectivity index (χ4n) is 2.26. The van der Waals surface area contributed by atoms with E-state index in [-0.39, 0.29) is 24.7 Å². The highest BCUT2D eigenvalue weighted by atomic mass is 35.5. The molecule has 132 valence electrons. The largest absolute Gasteiger partial charge is 0.354 e. The van der Waals surface area contributed by atoms with Gasteiger partial charge in [-0.1, -0.05) is 29.8 Å². The fourth-order valence-corrected chi connectivity index (χ4v) is 2.26. The van der Waals surface area contributed by atoms with Crippen molar-refractivity contribution in [2.24, 2.45) is 0 Å². The highest BCUT2D eigenvalue weighted by Gasteiger charge is 2.13. The molecule has 1 heterocycles. The first kappa shape index (κ1) is 20.1. The average Bonchev–Trinajstić information content (AvgIpc) is 2.89. The Kier molecular flexibility index (Phi) is 8.43. The minimum Gasteiger partial charge on any atom is -0.354 e. The van der Waals surface area contributed by atoms with E-state index in [1.54, 1.807) is 4.68 Å². The van der Waals surface area contributed by atoms with Crippen LogP contribution in [0.1, 0.15) is 30.3 Å². The van der Waals surface area contributed by atoms with E-state index in [2.05, 4.69) is 27.9 Å². The van der Waals surface area contributed by atoms with Crippen LogP contribution >= 0.6 is 12.4 Å². The van der Waals surface area contributed by atoms with Gasteiger partial charge in [-0.2, -0.15) is 0 Å². The fraction of sp³-hybridized carbons (Fsp3) is 0.471. The van der Waals surface area contributed by atoms with Crippen molar-refractivity contribution in [1.29, 1.82) is 0 Å². The van der Waals surface area contributed by atoms with E-state index in [0.29, 0.717) is 12.2 Å². The van der Waals surface area contributed by atoms with E-state index in [9.17, 15) is 4.79 Å². The van der Waals surface area contributed by atoms with Crippen LogP contribution in [0.3, 0.4) is 0 Å². The maximum Gasteiger partial charge on any atom is 0.226 e. The molecule has 2 N–H and O–H groups in total. The molecule has 0 atom stereocenters. The van der Waals surface area contributed by atoms with Crippen molar-refractivity contribution in [3.05, 3.63) is 41.2 Å². The summed E-state index contributed by atoms with van der Waals surface area (Å²) in [4.78, 5) is 12.0. The summed E-state index contributed by atoms with van der Waals surface area (Å²) in [6, 6.07) is 8.07. The van der Waals surface area contributed by atoms with Crippen LogP contribution in [0.25, 0.3) is 5.69 Å². The summed E-state index contributed by atoms with van der Waals surface area (Å²) in [5.74, 6) is -0.0256. The van der Waals surface area contributed by atoms with Gasteiger partial charge in [0, 0.05) is 13.1 Å². The van der Waals surface area contributed by atoms with Gasteiger partial charge in [0.2, 0.25) is 5.91 Å². The second-order valence-corrected chi connectivity index (χ2v) is 5.65. The third-order valence-corrected chi connectivity index (χ3v) is 3.65. The van der Waals surface area contributed by atoms with Crippen LogP contribution in [0.4, 0.5) is 0 Å². The third kappa shape index (κ3) is 5.62. The number of benzene rings is 1. The molecule has 1 aromatic carbocycles. The van der Waals surface area contributed by atoms with Crippen LogP contribution in [-0.2, 0) is 11.2 Å². The number of halogens is 1. The highest BCUT2D eigenvalue weighted by molar-refractivity contribution is 5.85. The Bertz CT molecular complexity index is 639. The molecule has 2 rings (SSSR count). The Hall–Kier alpha value is -1.92. The van der Waals surface area contributed by atoms with E-state index in [1.165, 1.54) is 5.56 Å². The zero-order valence-electron chi connectivity index (χ0n) is 14.5. The van der Waals surface area contributed by atoms with Gasteiger partial charge in [0.1, 0.15) is 0 Å². The third-order valence-electron chi connectivity index (χ3n) is 3.65. The Balaban J connectivity index is 0.00000288. The van der Waals surface area contributed by atoms with Crippen molar-refractivity contribution in [3.63, 3.8) is 0 Å². The van der Waals surface area contributed by atoms with Gasteiger partial charge in [0.05, 0.1) is 23.5 Å². The normalized spacial score (nSPS) is 10.3. The summed E-state index contributed by atoms with van der Waals surface area (Å²) in [5.41, 5.74) is 3.76.